The summed E-state index contributed by atoms with van der Waals surface area (Å²) in [5.41, 5.74) is 0.534. The van der Waals surface area contributed by atoms with Gasteiger partial charge in [-0.1, -0.05) is 6.08 Å². The highest BCUT2D eigenvalue weighted by molar-refractivity contribution is 5.77. The molecule has 1 amide bonds. The van der Waals surface area contributed by atoms with Gasteiger partial charge in [0.05, 0.1) is 0 Å². The van der Waals surface area contributed by atoms with Crippen molar-refractivity contribution in [1.82, 2.24) is 4.90 Å². The van der Waals surface area contributed by atoms with E-state index in [-0.39, 0.29) is 11.9 Å². The Labute approximate surface area is 117 Å². The molecule has 1 saturated heterocycles. The number of piperidine rings is 1. The highest BCUT2D eigenvalue weighted by atomic mass is 19.2. The van der Waals surface area contributed by atoms with E-state index in [1.807, 2.05) is 0 Å². The minimum atomic E-state index is -0.870. The molecule has 5 heteroatoms. The van der Waals surface area contributed by atoms with Crippen LogP contribution in [0.2, 0.25) is 0 Å². The Morgan fingerprint density at radius 1 is 1.45 bits per heavy atom. The lowest BCUT2D eigenvalue weighted by Crippen LogP contribution is -2.44. The monoisotopic (exact) mass is 280 g/mol. The molecular weight excluding hydrogens is 262 g/mol. The van der Waals surface area contributed by atoms with Crippen molar-refractivity contribution in [2.24, 2.45) is 0 Å². The number of likely N-dealkylation sites (tertiary alicyclic amines) is 1. The van der Waals surface area contributed by atoms with Gasteiger partial charge >= 0.3 is 0 Å². The number of hydrogen-bond acceptors (Lipinski definition) is 2. The SMILES string of the molecule is C=CCC(=O)N1CCC[C@@H](Nc2ccc(F)c(F)c2)C1. The van der Waals surface area contributed by atoms with Gasteiger partial charge in [-0.3, -0.25) is 4.79 Å². The topological polar surface area (TPSA) is 32.3 Å². The normalized spacial score (nSPS) is 18.7. The van der Waals surface area contributed by atoms with Crippen molar-refractivity contribution in [3.8, 4) is 0 Å². The number of rotatable bonds is 4. The highest BCUT2D eigenvalue weighted by Crippen LogP contribution is 2.18. The predicted molar refractivity (Wildman–Crippen MR) is 74.4 cm³/mol. The molecule has 3 nitrogen and oxygen atoms in total. The van der Waals surface area contributed by atoms with Gasteiger partial charge in [-0.05, 0) is 25.0 Å². The Morgan fingerprint density at radius 2 is 2.25 bits per heavy atom. The van der Waals surface area contributed by atoms with Crippen LogP contribution in [0.4, 0.5) is 14.5 Å². The number of nitrogens with one attached hydrogen (secondary N) is 1. The largest absolute Gasteiger partial charge is 0.380 e. The van der Waals surface area contributed by atoms with Crippen molar-refractivity contribution in [3.63, 3.8) is 0 Å². The second-order valence-electron chi connectivity index (χ2n) is 4.94. The number of amides is 1. The fourth-order valence-electron chi connectivity index (χ4n) is 2.40. The van der Waals surface area contributed by atoms with Gasteiger partial charge in [-0.2, -0.15) is 0 Å². The van der Waals surface area contributed by atoms with Gasteiger partial charge in [0, 0.05) is 37.3 Å². The number of carbonyl (C=O) groups excluding carboxylic acids is 1. The van der Waals surface area contributed by atoms with Crippen LogP contribution in [0.1, 0.15) is 19.3 Å². The predicted octanol–water partition coefficient (Wildman–Crippen LogP) is 2.94. The molecule has 1 aliphatic heterocycles. The van der Waals surface area contributed by atoms with Crippen molar-refractivity contribution in [2.45, 2.75) is 25.3 Å². The maximum Gasteiger partial charge on any atom is 0.226 e. The summed E-state index contributed by atoms with van der Waals surface area (Å²) in [4.78, 5) is 13.6. The van der Waals surface area contributed by atoms with Crippen molar-refractivity contribution in [1.29, 1.82) is 0 Å². The number of benzene rings is 1. The Hall–Kier alpha value is -1.91. The number of anilines is 1. The van der Waals surface area contributed by atoms with Crippen LogP contribution in [0.25, 0.3) is 0 Å². The van der Waals surface area contributed by atoms with Gasteiger partial charge in [0.2, 0.25) is 5.91 Å². The molecule has 0 saturated carbocycles. The minimum Gasteiger partial charge on any atom is -0.380 e. The molecule has 1 heterocycles. The zero-order valence-corrected chi connectivity index (χ0v) is 11.2. The quantitative estimate of drug-likeness (QED) is 0.860. The van der Waals surface area contributed by atoms with Gasteiger partial charge in [-0.25, -0.2) is 8.78 Å². The van der Waals surface area contributed by atoms with Gasteiger partial charge in [0.15, 0.2) is 11.6 Å². The van der Waals surface area contributed by atoms with E-state index in [0.717, 1.165) is 31.5 Å². The molecule has 1 aromatic rings. The average Bonchev–Trinajstić information content (AvgIpc) is 2.43. The standard InChI is InChI=1S/C15H18F2N2O/c1-2-4-15(20)19-8-3-5-12(10-19)18-11-6-7-13(16)14(17)9-11/h2,6-7,9,12,18H,1,3-5,8,10H2/t12-/m1/s1. The fourth-order valence-corrected chi connectivity index (χ4v) is 2.40. The highest BCUT2D eigenvalue weighted by Gasteiger charge is 2.22. The van der Waals surface area contributed by atoms with E-state index in [0.29, 0.717) is 18.7 Å². The molecule has 0 aliphatic carbocycles. The first-order valence-electron chi connectivity index (χ1n) is 6.70. The van der Waals surface area contributed by atoms with Crippen LogP contribution in [0.15, 0.2) is 30.9 Å². The van der Waals surface area contributed by atoms with Crippen LogP contribution in [-0.2, 0) is 4.79 Å². The summed E-state index contributed by atoms with van der Waals surface area (Å²) in [6.07, 6.45) is 3.72. The second kappa shape index (κ2) is 6.50. The lowest BCUT2D eigenvalue weighted by Gasteiger charge is -2.33. The molecule has 108 valence electrons. The molecule has 1 fully saturated rings. The first-order valence-corrected chi connectivity index (χ1v) is 6.70. The third-order valence-electron chi connectivity index (χ3n) is 3.38. The van der Waals surface area contributed by atoms with Gasteiger partial charge in [-0.15, -0.1) is 6.58 Å². The summed E-state index contributed by atoms with van der Waals surface area (Å²) in [5.74, 6) is -1.68. The van der Waals surface area contributed by atoms with Gasteiger partial charge < -0.3 is 10.2 Å². The Bertz CT molecular complexity index is 505. The number of hydrogen-bond donors (Lipinski definition) is 1. The van der Waals surface area contributed by atoms with Crippen LogP contribution >= 0.6 is 0 Å². The summed E-state index contributed by atoms with van der Waals surface area (Å²) in [5, 5.41) is 3.15. The van der Waals surface area contributed by atoms with Gasteiger partial charge in [0.25, 0.3) is 0 Å². The minimum absolute atomic E-state index is 0.0526. The van der Waals surface area contributed by atoms with Crippen molar-refractivity contribution < 1.29 is 13.6 Å². The molecule has 2 rings (SSSR count). The van der Waals surface area contributed by atoms with E-state index < -0.39 is 11.6 Å². The van der Waals surface area contributed by atoms with E-state index in [1.165, 1.54) is 6.07 Å². The lowest BCUT2D eigenvalue weighted by atomic mass is 10.0. The molecule has 1 atom stereocenters. The molecule has 1 aromatic carbocycles. The molecular formula is C15H18F2N2O. The Morgan fingerprint density at radius 3 is 2.95 bits per heavy atom. The van der Waals surface area contributed by atoms with Crippen LogP contribution < -0.4 is 5.32 Å². The van der Waals surface area contributed by atoms with Crippen molar-refractivity contribution in [3.05, 3.63) is 42.5 Å². The Kier molecular flexibility index (Phi) is 4.71. The van der Waals surface area contributed by atoms with Crippen molar-refractivity contribution in [2.75, 3.05) is 18.4 Å². The van der Waals surface area contributed by atoms with E-state index >= 15 is 0 Å². The summed E-state index contributed by atoms with van der Waals surface area (Å²) in [6, 6.07) is 3.80. The molecule has 0 unspecified atom stereocenters. The summed E-state index contributed by atoms with van der Waals surface area (Å²) in [7, 11) is 0. The van der Waals surface area contributed by atoms with E-state index in [1.54, 1.807) is 11.0 Å². The van der Waals surface area contributed by atoms with E-state index in [2.05, 4.69) is 11.9 Å². The molecule has 0 radical (unpaired) electrons. The van der Waals surface area contributed by atoms with E-state index in [4.69, 9.17) is 0 Å². The zero-order valence-electron chi connectivity index (χ0n) is 11.2. The molecule has 1 aliphatic rings. The van der Waals surface area contributed by atoms with Crippen LogP contribution in [0.3, 0.4) is 0 Å². The molecule has 20 heavy (non-hydrogen) atoms. The van der Waals surface area contributed by atoms with Crippen molar-refractivity contribution >= 4 is 11.6 Å². The number of carbonyl (C=O) groups is 1. The summed E-state index contributed by atoms with van der Waals surface area (Å²) in [6.45, 7) is 4.87. The summed E-state index contributed by atoms with van der Waals surface area (Å²) < 4.78 is 26.0. The fraction of sp³-hybridized carbons (Fsp3) is 0.400. The average molecular weight is 280 g/mol. The lowest BCUT2D eigenvalue weighted by molar-refractivity contribution is -0.131. The molecule has 0 spiro atoms. The second-order valence-corrected chi connectivity index (χ2v) is 4.94. The Balaban J connectivity index is 1.97. The first-order chi connectivity index (χ1) is 9.60. The maximum atomic E-state index is 13.1. The zero-order chi connectivity index (χ0) is 14.5. The number of halogens is 2. The first kappa shape index (κ1) is 14.5. The van der Waals surface area contributed by atoms with Crippen LogP contribution in [-0.4, -0.2) is 29.9 Å². The van der Waals surface area contributed by atoms with Crippen LogP contribution in [0.5, 0.6) is 0 Å². The van der Waals surface area contributed by atoms with Crippen LogP contribution in [0, 0.1) is 11.6 Å². The smallest absolute Gasteiger partial charge is 0.226 e. The summed E-state index contributed by atoms with van der Waals surface area (Å²) >= 11 is 0. The third-order valence-corrected chi connectivity index (χ3v) is 3.38. The number of nitrogens with zero attached hydrogens (tertiary/aromatic N) is 1. The third kappa shape index (κ3) is 3.56. The molecule has 0 aromatic heterocycles. The molecule has 0 bridgehead atoms. The van der Waals surface area contributed by atoms with Gasteiger partial charge in [0.1, 0.15) is 0 Å². The molecule has 1 N–H and O–H groups in total. The van der Waals surface area contributed by atoms with E-state index in [9.17, 15) is 13.6 Å². The maximum absolute atomic E-state index is 13.1.